The number of amides is 3. The molecule has 1 aliphatic heterocycles. The van der Waals surface area contributed by atoms with Gasteiger partial charge in [-0.2, -0.15) is 0 Å². The fraction of sp³-hybridized carbons (Fsp3) is 0.308. The third kappa shape index (κ3) is 4.38. The minimum absolute atomic E-state index is 0.156. The summed E-state index contributed by atoms with van der Waals surface area (Å²) in [6, 6.07) is 10.2. The Morgan fingerprint density at radius 2 is 1.73 bits per heavy atom. The summed E-state index contributed by atoms with van der Waals surface area (Å²) in [6.45, 7) is 6.09. The van der Waals surface area contributed by atoms with Gasteiger partial charge in [0, 0.05) is 24.8 Å². The molecular weight excluding hydrogens is 476 g/mol. The normalized spacial score (nSPS) is 13.5. The molecule has 0 bridgehead atoms. The molecule has 11 heteroatoms. The molecule has 11 nitrogen and oxygen atoms in total. The number of benzene rings is 1. The van der Waals surface area contributed by atoms with E-state index >= 15 is 0 Å². The van der Waals surface area contributed by atoms with Gasteiger partial charge in [-0.25, -0.2) is 9.78 Å². The summed E-state index contributed by atoms with van der Waals surface area (Å²) in [5.41, 5.74) is 2.66. The van der Waals surface area contributed by atoms with Gasteiger partial charge >= 0.3 is 6.09 Å². The van der Waals surface area contributed by atoms with Gasteiger partial charge in [-0.1, -0.05) is 12.1 Å². The minimum Gasteiger partial charge on any atom is -0.465 e. The Balaban J connectivity index is 1.46. The third-order valence-corrected chi connectivity index (χ3v) is 6.29. The number of carboxylic acid groups (broad SMARTS) is 1. The van der Waals surface area contributed by atoms with Crippen molar-refractivity contribution in [2.75, 3.05) is 6.54 Å². The highest BCUT2D eigenvalue weighted by molar-refractivity contribution is 6.20. The Kier molecular flexibility index (Phi) is 6.08. The summed E-state index contributed by atoms with van der Waals surface area (Å²) < 4.78 is 1.90. The smallest absolute Gasteiger partial charge is 0.407 e. The maximum Gasteiger partial charge on any atom is 0.407 e. The van der Waals surface area contributed by atoms with Crippen LogP contribution in [0.15, 0.2) is 48.8 Å². The van der Waals surface area contributed by atoms with Gasteiger partial charge in [0.2, 0.25) is 0 Å². The van der Waals surface area contributed by atoms with Crippen LogP contribution in [-0.2, 0) is 18.0 Å². The van der Waals surface area contributed by atoms with Crippen LogP contribution in [0, 0.1) is 0 Å². The summed E-state index contributed by atoms with van der Waals surface area (Å²) in [5, 5.41) is 10.4. The second-order valence-electron chi connectivity index (χ2n) is 9.73. The van der Waals surface area contributed by atoms with Crippen LogP contribution in [0.25, 0.3) is 22.1 Å². The zero-order chi connectivity index (χ0) is 26.3. The Bertz CT molecular complexity index is 1500. The molecule has 3 aromatic heterocycles. The monoisotopic (exact) mass is 502 g/mol. The lowest BCUT2D eigenvalue weighted by Gasteiger charge is -2.33. The Morgan fingerprint density at radius 3 is 2.38 bits per heavy atom. The minimum atomic E-state index is -0.992. The molecule has 0 atom stereocenters. The van der Waals surface area contributed by atoms with Crippen molar-refractivity contribution in [1.29, 1.82) is 0 Å². The SMILES string of the molecule is CC(C)(C)N(CCCn1c(CON2C(=O)c3ccccc3C2=O)nc2cnc3cccnc3c21)C(=O)O. The summed E-state index contributed by atoms with van der Waals surface area (Å²) >= 11 is 0. The van der Waals surface area contributed by atoms with Crippen LogP contribution >= 0.6 is 0 Å². The lowest BCUT2D eigenvalue weighted by molar-refractivity contribution is -0.103. The molecule has 1 aliphatic rings. The average molecular weight is 503 g/mol. The Morgan fingerprint density at radius 1 is 1.03 bits per heavy atom. The van der Waals surface area contributed by atoms with Gasteiger partial charge in [0.05, 0.1) is 28.4 Å². The number of pyridine rings is 2. The molecular formula is C26H26N6O5. The van der Waals surface area contributed by atoms with E-state index in [0.29, 0.717) is 41.9 Å². The average Bonchev–Trinajstić information content (AvgIpc) is 3.34. The molecule has 37 heavy (non-hydrogen) atoms. The number of aromatic nitrogens is 4. The highest BCUT2D eigenvalue weighted by Crippen LogP contribution is 2.27. The number of imide groups is 1. The van der Waals surface area contributed by atoms with E-state index in [1.165, 1.54) is 4.90 Å². The topological polar surface area (TPSA) is 131 Å². The number of nitrogens with zero attached hydrogens (tertiary/aromatic N) is 6. The van der Waals surface area contributed by atoms with Crippen LogP contribution in [0.3, 0.4) is 0 Å². The van der Waals surface area contributed by atoms with Crippen molar-refractivity contribution in [2.45, 2.75) is 45.9 Å². The summed E-state index contributed by atoms with van der Waals surface area (Å²) in [5.74, 6) is -0.595. The highest BCUT2D eigenvalue weighted by Gasteiger charge is 2.37. The van der Waals surface area contributed by atoms with Crippen molar-refractivity contribution in [3.63, 3.8) is 0 Å². The third-order valence-electron chi connectivity index (χ3n) is 6.29. The van der Waals surface area contributed by atoms with Crippen LogP contribution < -0.4 is 0 Å². The van der Waals surface area contributed by atoms with Gasteiger partial charge in [-0.3, -0.25) is 24.4 Å². The maximum absolute atomic E-state index is 12.7. The van der Waals surface area contributed by atoms with Crippen molar-refractivity contribution < 1.29 is 24.3 Å². The fourth-order valence-electron chi connectivity index (χ4n) is 4.54. The molecule has 0 aliphatic carbocycles. The van der Waals surface area contributed by atoms with Crippen molar-refractivity contribution in [1.82, 2.24) is 29.5 Å². The first kappa shape index (κ1) is 24.3. The molecule has 4 heterocycles. The fourth-order valence-corrected chi connectivity index (χ4v) is 4.54. The molecule has 0 unspecified atom stereocenters. The molecule has 5 rings (SSSR count). The highest BCUT2D eigenvalue weighted by atomic mass is 16.7. The van der Waals surface area contributed by atoms with E-state index in [9.17, 15) is 19.5 Å². The number of carbonyl (C=O) groups is 3. The van der Waals surface area contributed by atoms with Crippen LogP contribution in [0.4, 0.5) is 4.79 Å². The molecule has 3 amide bonds. The zero-order valence-electron chi connectivity index (χ0n) is 20.7. The number of carbonyl (C=O) groups excluding carboxylic acids is 2. The first-order chi connectivity index (χ1) is 17.7. The summed E-state index contributed by atoms with van der Waals surface area (Å²) in [7, 11) is 0. The molecule has 0 fully saturated rings. The molecule has 1 N–H and O–H groups in total. The number of hydroxylamine groups is 2. The van der Waals surface area contributed by atoms with Crippen LogP contribution in [0.2, 0.25) is 0 Å². The second kappa shape index (κ2) is 9.25. The largest absolute Gasteiger partial charge is 0.465 e. The number of aryl methyl sites for hydroxylation is 1. The van der Waals surface area contributed by atoms with E-state index in [0.717, 1.165) is 10.6 Å². The van der Waals surface area contributed by atoms with E-state index in [4.69, 9.17) is 4.84 Å². The van der Waals surface area contributed by atoms with Gasteiger partial charge < -0.3 is 14.6 Å². The summed E-state index contributed by atoms with van der Waals surface area (Å²) in [6.07, 6.45) is 2.81. The van der Waals surface area contributed by atoms with E-state index in [-0.39, 0.29) is 17.7 Å². The van der Waals surface area contributed by atoms with Crippen molar-refractivity contribution >= 4 is 40.0 Å². The molecule has 0 saturated heterocycles. The van der Waals surface area contributed by atoms with Gasteiger partial charge in [0.1, 0.15) is 23.5 Å². The first-order valence-electron chi connectivity index (χ1n) is 11.9. The number of rotatable bonds is 7. The summed E-state index contributed by atoms with van der Waals surface area (Å²) in [4.78, 5) is 58.0. The van der Waals surface area contributed by atoms with E-state index in [2.05, 4.69) is 15.0 Å². The van der Waals surface area contributed by atoms with Gasteiger partial charge in [0.15, 0.2) is 0 Å². The lowest BCUT2D eigenvalue weighted by Crippen LogP contribution is -2.45. The number of hydrogen-bond acceptors (Lipinski definition) is 7. The van der Waals surface area contributed by atoms with Crippen LogP contribution in [-0.4, -0.2) is 64.6 Å². The van der Waals surface area contributed by atoms with Gasteiger partial charge in [-0.05, 0) is 51.5 Å². The number of imidazole rings is 1. The second-order valence-corrected chi connectivity index (χ2v) is 9.73. The Labute approximate surface area is 212 Å². The van der Waals surface area contributed by atoms with Crippen molar-refractivity contribution in [2.24, 2.45) is 0 Å². The number of hydrogen-bond donors (Lipinski definition) is 1. The first-order valence-corrected chi connectivity index (χ1v) is 11.9. The molecule has 4 aromatic rings. The van der Waals surface area contributed by atoms with Gasteiger partial charge in [-0.15, -0.1) is 5.06 Å². The van der Waals surface area contributed by atoms with Crippen molar-refractivity contribution in [3.8, 4) is 0 Å². The predicted molar refractivity (Wildman–Crippen MR) is 134 cm³/mol. The molecule has 0 saturated carbocycles. The molecule has 1 aromatic carbocycles. The predicted octanol–water partition coefficient (Wildman–Crippen LogP) is 3.88. The lowest BCUT2D eigenvalue weighted by atomic mass is 10.1. The molecule has 0 spiro atoms. The van der Waals surface area contributed by atoms with E-state index < -0.39 is 23.4 Å². The van der Waals surface area contributed by atoms with Crippen molar-refractivity contribution in [3.05, 3.63) is 65.7 Å². The van der Waals surface area contributed by atoms with E-state index in [1.54, 1.807) is 42.7 Å². The Hall–Kier alpha value is -4.38. The molecule has 0 radical (unpaired) electrons. The number of fused-ring (bicyclic) bond motifs is 4. The van der Waals surface area contributed by atoms with Gasteiger partial charge in [0.25, 0.3) is 11.8 Å². The standard InChI is InChI=1S/C26H26N6O5/c1-26(2,3)31(25(35)36)13-7-12-30-20(29-19-14-28-18-10-6-11-27-21(18)22(19)30)15-37-32-23(33)16-8-4-5-9-17(16)24(32)34/h4-6,8-11,14H,7,12-13,15H2,1-3H3,(H,35,36). The van der Waals surface area contributed by atoms with E-state index in [1.807, 2.05) is 31.4 Å². The van der Waals surface area contributed by atoms with Crippen LogP contribution in [0.1, 0.15) is 53.7 Å². The molecule has 190 valence electrons. The maximum atomic E-state index is 12.7. The quantitative estimate of drug-likeness (QED) is 0.377. The zero-order valence-corrected chi connectivity index (χ0v) is 20.7. The van der Waals surface area contributed by atoms with Crippen LogP contribution in [0.5, 0.6) is 0 Å².